The number of carbonyl (C=O) groups is 1. The van der Waals surface area contributed by atoms with Gasteiger partial charge in [-0.25, -0.2) is 0 Å². The molecule has 1 aliphatic rings. The Morgan fingerprint density at radius 2 is 2.04 bits per heavy atom. The van der Waals surface area contributed by atoms with Crippen LogP contribution in [-0.4, -0.2) is 43.7 Å². The molecule has 0 fully saturated rings. The fourth-order valence-electron chi connectivity index (χ4n) is 2.77. The fraction of sp³-hybridized carbons (Fsp3) is 0.316. The van der Waals surface area contributed by atoms with Crippen molar-refractivity contribution in [3.8, 4) is 17.2 Å². The Morgan fingerprint density at radius 3 is 2.76 bits per heavy atom. The highest BCUT2D eigenvalue weighted by molar-refractivity contribution is 6.31. The van der Waals surface area contributed by atoms with E-state index in [0.29, 0.717) is 41.8 Å². The Kier molecular flexibility index (Phi) is 5.34. The number of benzene rings is 2. The number of ether oxygens (including phenoxy) is 3. The minimum absolute atomic E-state index is 0.149. The Hall–Kier alpha value is -2.40. The van der Waals surface area contributed by atoms with Gasteiger partial charge in [-0.05, 0) is 37.3 Å². The Morgan fingerprint density at radius 1 is 1.28 bits per heavy atom. The molecule has 5 nitrogen and oxygen atoms in total. The van der Waals surface area contributed by atoms with Crippen molar-refractivity contribution in [3.63, 3.8) is 0 Å². The number of rotatable bonds is 5. The standard InChI is InChI=1S/C19H20ClNO4/c1-3-21(19(22)15-10-13(20)8-9-16(15)23-2)11-14-12-24-17-6-4-5-7-18(17)25-14/h4-10,14H,3,11-12H2,1-2H3. The Bertz CT molecular complexity index is 765. The Balaban J connectivity index is 1.75. The number of amides is 1. The third-order valence-electron chi connectivity index (χ3n) is 4.05. The molecule has 0 bridgehead atoms. The molecule has 1 amide bonds. The maximum atomic E-state index is 12.9. The van der Waals surface area contributed by atoms with E-state index in [0.717, 1.165) is 5.75 Å². The molecule has 0 radical (unpaired) electrons. The van der Waals surface area contributed by atoms with Gasteiger partial charge in [0.1, 0.15) is 12.4 Å². The van der Waals surface area contributed by atoms with Gasteiger partial charge in [-0.2, -0.15) is 0 Å². The zero-order chi connectivity index (χ0) is 17.8. The Labute approximate surface area is 152 Å². The lowest BCUT2D eigenvalue weighted by Gasteiger charge is -2.31. The topological polar surface area (TPSA) is 48.0 Å². The molecule has 25 heavy (non-hydrogen) atoms. The smallest absolute Gasteiger partial charge is 0.257 e. The first kappa shape index (κ1) is 17.4. The van der Waals surface area contributed by atoms with Gasteiger partial charge in [0.15, 0.2) is 17.6 Å². The molecule has 0 aliphatic carbocycles. The van der Waals surface area contributed by atoms with Crippen molar-refractivity contribution in [1.29, 1.82) is 0 Å². The van der Waals surface area contributed by atoms with E-state index < -0.39 is 0 Å². The van der Waals surface area contributed by atoms with Gasteiger partial charge in [-0.1, -0.05) is 23.7 Å². The average molecular weight is 362 g/mol. The molecular weight excluding hydrogens is 342 g/mol. The molecule has 1 atom stereocenters. The maximum Gasteiger partial charge on any atom is 0.257 e. The van der Waals surface area contributed by atoms with E-state index in [1.807, 2.05) is 31.2 Å². The van der Waals surface area contributed by atoms with E-state index in [4.69, 9.17) is 25.8 Å². The van der Waals surface area contributed by atoms with Crippen LogP contribution in [0.25, 0.3) is 0 Å². The predicted octanol–water partition coefficient (Wildman–Crippen LogP) is 3.65. The molecule has 1 aliphatic heterocycles. The summed E-state index contributed by atoms with van der Waals surface area (Å²) in [6.45, 7) is 3.27. The number of hydrogen-bond donors (Lipinski definition) is 0. The molecule has 6 heteroatoms. The summed E-state index contributed by atoms with van der Waals surface area (Å²) in [5.41, 5.74) is 0.439. The van der Waals surface area contributed by atoms with Crippen LogP contribution in [-0.2, 0) is 0 Å². The van der Waals surface area contributed by atoms with Gasteiger partial charge in [0.05, 0.1) is 19.2 Å². The van der Waals surface area contributed by atoms with Crippen LogP contribution in [0.2, 0.25) is 5.02 Å². The number of halogens is 1. The lowest BCUT2D eigenvalue weighted by atomic mass is 10.1. The molecule has 1 heterocycles. The largest absolute Gasteiger partial charge is 0.496 e. The van der Waals surface area contributed by atoms with Crippen LogP contribution in [0.1, 0.15) is 17.3 Å². The van der Waals surface area contributed by atoms with Crippen molar-refractivity contribution in [2.45, 2.75) is 13.0 Å². The van der Waals surface area contributed by atoms with Crippen molar-refractivity contribution in [2.24, 2.45) is 0 Å². The van der Waals surface area contributed by atoms with Crippen molar-refractivity contribution in [2.75, 3.05) is 26.8 Å². The predicted molar refractivity (Wildman–Crippen MR) is 95.9 cm³/mol. The minimum Gasteiger partial charge on any atom is -0.496 e. The number of methoxy groups -OCH3 is 1. The van der Waals surface area contributed by atoms with Crippen LogP contribution in [0.5, 0.6) is 17.2 Å². The zero-order valence-electron chi connectivity index (χ0n) is 14.2. The summed E-state index contributed by atoms with van der Waals surface area (Å²) in [7, 11) is 1.53. The average Bonchev–Trinajstić information content (AvgIpc) is 2.65. The summed E-state index contributed by atoms with van der Waals surface area (Å²) in [5, 5.41) is 0.492. The highest BCUT2D eigenvalue weighted by Gasteiger charge is 2.26. The monoisotopic (exact) mass is 361 g/mol. The van der Waals surface area contributed by atoms with E-state index in [2.05, 4.69) is 0 Å². The van der Waals surface area contributed by atoms with Gasteiger partial charge in [-0.15, -0.1) is 0 Å². The summed E-state index contributed by atoms with van der Waals surface area (Å²) in [6.07, 6.45) is -0.232. The summed E-state index contributed by atoms with van der Waals surface area (Å²) >= 11 is 6.04. The second-order valence-electron chi connectivity index (χ2n) is 5.69. The second-order valence-corrected chi connectivity index (χ2v) is 6.12. The molecule has 2 aromatic carbocycles. The van der Waals surface area contributed by atoms with Gasteiger partial charge >= 0.3 is 0 Å². The summed E-state index contributed by atoms with van der Waals surface area (Å²) in [4.78, 5) is 14.6. The van der Waals surface area contributed by atoms with Crippen LogP contribution < -0.4 is 14.2 Å². The number of carbonyl (C=O) groups excluding carboxylic acids is 1. The summed E-state index contributed by atoms with van der Waals surface area (Å²) in [5.74, 6) is 1.77. The van der Waals surface area contributed by atoms with Crippen LogP contribution in [0.15, 0.2) is 42.5 Å². The first-order chi connectivity index (χ1) is 12.1. The molecule has 0 saturated heterocycles. The lowest BCUT2D eigenvalue weighted by Crippen LogP contribution is -2.43. The quantitative estimate of drug-likeness (QED) is 0.815. The van der Waals surface area contributed by atoms with Crippen molar-refractivity contribution >= 4 is 17.5 Å². The third-order valence-corrected chi connectivity index (χ3v) is 4.29. The molecule has 132 valence electrons. The van der Waals surface area contributed by atoms with Crippen molar-refractivity contribution in [3.05, 3.63) is 53.1 Å². The van der Waals surface area contributed by atoms with Gasteiger partial charge in [0.25, 0.3) is 5.91 Å². The molecule has 3 rings (SSSR count). The number of fused-ring (bicyclic) bond motifs is 1. The van der Waals surface area contributed by atoms with Crippen molar-refractivity contribution in [1.82, 2.24) is 4.90 Å². The van der Waals surface area contributed by atoms with E-state index in [-0.39, 0.29) is 12.0 Å². The minimum atomic E-state index is -0.232. The third kappa shape index (κ3) is 3.82. The highest BCUT2D eigenvalue weighted by Crippen LogP contribution is 2.31. The SMILES string of the molecule is CCN(CC1COc2ccccc2O1)C(=O)c1cc(Cl)ccc1OC. The first-order valence-corrected chi connectivity index (χ1v) is 8.51. The van der Waals surface area contributed by atoms with Crippen LogP contribution >= 0.6 is 11.6 Å². The highest BCUT2D eigenvalue weighted by atomic mass is 35.5. The molecule has 0 saturated carbocycles. The number of para-hydroxylation sites is 2. The second kappa shape index (κ2) is 7.66. The van der Waals surface area contributed by atoms with Gasteiger partial charge in [-0.3, -0.25) is 4.79 Å². The van der Waals surface area contributed by atoms with Gasteiger partial charge < -0.3 is 19.1 Å². The number of likely N-dealkylation sites (N-methyl/N-ethyl adjacent to an activating group) is 1. The molecule has 2 aromatic rings. The van der Waals surface area contributed by atoms with Gasteiger partial charge in [0, 0.05) is 11.6 Å². The van der Waals surface area contributed by atoms with Crippen molar-refractivity contribution < 1.29 is 19.0 Å². The van der Waals surface area contributed by atoms with Gasteiger partial charge in [0.2, 0.25) is 0 Å². The number of nitrogens with zero attached hydrogens (tertiary/aromatic N) is 1. The number of hydrogen-bond acceptors (Lipinski definition) is 4. The van der Waals surface area contributed by atoms with E-state index in [1.165, 1.54) is 7.11 Å². The molecular formula is C19H20ClNO4. The summed E-state index contributed by atoms with van der Waals surface area (Å²) < 4.78 is 17.0. The van der Waals surface area contributed by atoms with E-state index >= 15 is 0 Å². The maximum absolute atomic E-state index is 12.9. The summed E-state index contributed by atoms with van der Waals surface area (Å²) in [6, 6.07) is 12.5. The van der Waals surface area contributed by atoms with Crippen LogP contribution in [0.3, 0.4) is 0 Å². The van der Waals surface area contributed by atoms with E-state index in [1.54, 1.807) is 23.1 Å². The van der Waals surface area contributed by atoms with Crippen LogP contribution in [0.4, 0.5) is 0 Å². The molecule has 1 unspecified atom stereocenters. The van der Waals surface area contributed by atoms with E-state index in [9.17, 15) is 4.79 Å². The first-order valence-electron chi connectivity index (χ1n) is 8.13. The molecule has 0 spiro atoms. The lowest BCUT2D eigenvalue weighted by molar-refractivity contribution is 0.0473. The zero-order valence-corrected chi connectivity index (χ0v) is 15.0. The normalized spacial score (nSPS) is 15.6. The molecule has 0 aromatic heterocycles. The fourth-order valence-corrected chi connectivity index (χ4v) is 2.94. The van der Waals surface area contributed by atoms with Crippen LogP contribution in [0, 0.1) is 0 Å². The molecule has 0 N–H and O–H groups in total.